The molecule has 0 aromatic rings. The van der Waals surface area contributed by atoms with Crippen LogP contribution in [0.4, 0.5) is 0 Å². The summed E-state index contributed by atoms with van der Waals surface area (Å²) in [7, 11) is 2.22. The van der Waals surface area contributed by atoms with Crippen molar-refractivity contribution in [1.82, 2.24) is 9.80 Å². The van der Waals surface area contributed by atoms with E-state index in [0.29, 0.717) is 6.04 Å². The van der Waals surface area contributed by atoms with Gasteiger partial charge in [-0.3, -0.25) is 4.90 Å². The predicted molar refractivity (Wildman–Crippen MR) is 68.5 cm³/mol. The maximum Gasteiger partial charge on any atom is 0.0342 e. The van der Waals surface area contributed by atoms with Gasteiger partial charge in [0.25, 0.3) is 0 Å². The number of likely N-dealkylation sites (N-methyl/N-ethyl adjacent to an activating group) is 1. The zero-order chi connectivity index (χ0) is 11.4. The first-order valence-electron chi connectivity index (χ1n) is 6.95. The maximum absolute atomic E-state index is 5.89. The first kappa shape index (κ1) is 12.3. The van der Waals surface area contributed by atoms with Gasteiger partial charge in [0.15, 0.2) is 0 Å². The normalized spacial score (nSPS) is 31.5. The van der Waals surface area contributed by atoms with Gasteiger partial charge in [0.05, 0.1) is 0 Å². The second kappa shape index (κ2) is 5.99. The van der Waals surface area contributed by atoms with Gasteiger partial charge in [-0.15, -0.1) is 0 Å². The van der Waals surface area contributed by atoms with Crippen LogP contribution in [-0.2, 0) is 0 Å². The minimum Gasteiger partial charge on any atom is -0.329 e. The van der Waals surface area contributed by atoms with Gasteiger partial charge in [0, 0.05) is 25.2 Å². The van der Waals surface area contributed by atoms with Crippen molar-refractivity contribution >= 4 is 0 Å². The zero-order valence-corrected chi connectivity index (χ0v) is 10.7. The minimum absolute atomic E-state index is 0.574. The van der Waals surface area contributed by atoms with E-state index in [0.717, 1.165) is 12.6 Å². The Morgan fingerprint density at radius 3 is 2.50 bits per heavy atom. The van der Waals surface area contributed by atoms with Crippen LogP contribution in [0.1, 0.15) is 38.5 Å². The van der Waals surface area contributed by atoms with E-state index in [1.165, 1.54) is 58.2 Å². The highest BCUT2D eigenvalue weighted by atomic mass is 15.2. The number of nitrogens with zero attached hydrogens (tertiary/aromatic N) is 2. The summed E-state index contributed by atoms with van der Waals surface area (Å²) in [5.41, 5.74) is 5.89. The number of hydrogen-bond donors (Lipinski definition) is 1. The van der Waals surface area contributed by atoms with E-state index >= 15 is 0 Å². The second-order valence-electron chi connectivity index (χ2n) is 5.51. The Morgan fingerprint density at radius 2 is 1.81 bits per heavy atom. The minimum atomic E-state index is 0.574. The molecule has 2 rings (SSSR count). The Balaban J connectivity index is 1.92. The standard InChI is InChI=1S/C13H27N3/c1-15-8-5-9-16(11-13(15)10-14)12-6-3-2-4-7-12/h12-13H,2-11,14H2,1H3. The lowest BCUT2D eigenvalue weighted by atomic mass is 9.94. The predicted octanol–water partition coefficient (Wildman–Crippen LogP) is 1.28. The molecular formula is C13H27N3. The lowest BCUT2D eigenvalue weighted by Crippen LogP contribution is -2.47. The van der Waals surface area contributed by atoms with Gasteiger partial charge in [0.2, 0.25) is 0 Å². The molecule has 1 aliphatic carbocycles. The van der Waals surface area contributed by atoms with E-state index in [1.54, 1.807) is 0 Å². The first-order chi connectivity index (χ1) is 7.81. The van der Waals surface area contributed by atoms with E-state index in [-0.39, 0.29) is 0 Å². The number of rotatable bonds is 2. The van der Waals surface area contributed by atoms with Gasteiger partial charge in [-0.05, 0) is 39.4 Å². The molecule has 16 heavy (non-hydrogen) atoms. The van der Waals surface area contributed by atoms with Gasteiger partial charge in [-0.25, -0.2) is 0 Å². The maximum atomic E-state index is 5.89. The van der Waals surface area contributed by atoms with Gasteiger partial charge < -0.3 is 10.6 Å². The molecule has 1 atom stereocenters. The third kappa shape index (κ3) is 2.96. The number of hydrogen-bond acceptors (Lipinski definition) is 3. The summed E-state index contributed by atoms with van der Waals surface area (Å²) in [5.74, 6) is 0. The molecule has 1 heterocycles. The fourth-order valence-electron chi connectivity index (χ4n) is 3.24. The second-order valence-corrected chi connectivity index (χ2v) is 5.51. The molecule has 3 heteroatoms. The quantitative estimate of drug-likeness (QED) is 0.768. The third-order valence-corrected chi connectivity index (χ3v) is 4.39. The monoisotopic (exact) mass is 225 g/mol. The molecule has 0 aromatic carbocycles. The molecule has 3 nitrogen and oxygen atoms in total. The van der Waals surface area contributed by atoms with Crippen molar-refractivity contribution in [3.05, 3.63) is 0 Å². The van der Waals surface area contributed by atoms with Crippen LogP contribution >= 0.6 is 0 Å². The van der Waals surface area contributed by atoms with Crippen molar-refractivity contribution in [2.24, 2.45) is 5.73 Å². The summed E-state index contributed by atoms with van der Waals surface area (Å²) >= 11 is 0. The highest BCUT2D eigenvalue weighted by Crippen LogP contribution is 2.24. The summed E-state index contributed by atoms with van der Waals surface area (Å²) in [5, 5.41) is 0. The summed E-state index contributed by atoms with van der Waals surface area (Å²) < 4.78 is 0. The molecule has 2 fully saturated rings. The third-order valence-electron chi connectivity index (χ3n) is 4.39. The van der Waals surface area contributed by atoms with Crippen LogP contribution in [0.3, 0.4) is 0 Å². The summed E-state index contributed by atoms with van der Waals surface area (Å²) in [6.45, 7) is 4.49. The largest absolute Gasteiger partial charge is 0.329 e. The van der Waals surface area contributed by atoms with E-state index < -0.39 is 0 Å². The molecule has 0 bridgehead atoms. The van der Waals surface area contributed by atoms with Crippen LogP contribution in [0.15, 0.2) is 0 Å². The van der Waals surface area contributed by atoms with Gasteiger partial charge in [0.1, 0.15) is 0 Å². The molecule has 0 radical (unpaired) electrons. The van der Waals surface area contributed by atoms with Crippen molar-refractivity contribution < 1.29 is 0 Å². The molecule has 1 aliphatic heterocycles. The molecule has 2 aliphatic rings. The van der Waals surface area contributed by atoms with E-state index in [2.05, 4.69) is 16.8 Å². The lowest BCUT2D eigenvalue weighted by Gasteiger charge is -2.35. The number of nitrogens with two attached hydrogens (primary N) is 1. The molecule has 1 unspecified atom stereocenters. The zero-order valence-electron chi connectivity index (χ0n) is 10.7. The van der Waals surface area contributed by atoms with Crippen LogP contribution < -0.4 is 5.73 Å². The van der Waals surface area contributed by atoms with E-state index in [9.17, 15) is 0 Å². The molecule has 0 spiro atoms. The topological polar surface area (TPSA) is 32.5 Å². The average molecular weight is 225 g/mol. The molecule has 2 N–H and O–H groups in total. The van der Waals surface area contributed by atoms with Crippen molar-refractivity contribution in [3.63, 3.8) is 0 Å². The fraction of sp³-hybridized carbons (Fsp3) is 1.00. The van der Waals surface area contributed by atoms with Crippen LogP contribution in [0.25, 0.3) is 0 Å². The van der Waals surface area contributed by atoms with Crippen LogP contribution in [0, 0.1) is 0 Å². The molecular weight excluding hydrogens is 198 g/mol. The molecule has 0 amide bonds. The van der Waals surface area contributed by atoms with Crippen LogP contribution in [-0.4, -0.2) is 55.1 Å². The van der Waals surface area contributed by atoms with Gasteiger partial charge in [-0.2, -0.15) is 0 Å². The Bertz CT molecular complexity index is 201. The van der Waals surface area contributed by atoms with Gasteiger partial charge in [-0.1, -0.05) is 19.3 Å². The Kier molecular flexibility index (Phi) is 4.62. The summed E-state index contributed by atoms with van der Waals surface area (Å²) in [6, 6.07) is 1.43. The van der Waals surface area contributed by atoms with Crippen molar-refractivity contribution in [2.45, 2.75) is 50.6 Å². The van der Waals surface area contributed by atoms with Crippen LogP contribution in [0.5, 0.6) is 0 Å². The Morgan fingerprint density at radius 1 is 1.06 bits per heavy atom. The SMILES string of the molecule is CN1CCCN(C2CCCCC2)CC1CN. The smallest absolute Gasteiger partial charge is 0.0342 e. The first-order valence-corrected chi connectivity index (χ1v) is 6.95. The van der Waals surface area contributed by atoms with Gasteiger partial charge >= 0.3 is 0 Å². The fourth-order valence-corrected chi connectivity index (χ4v) is 3.24. The summed E-state index contributed by atoms with van der Waals surface area (Å²) in [6.07, 6.45) is 8.46. The Hall–Kier alpha value is -0.120. The van der Waals surface area contributed by atoms with Crippen molar-refractivity contribution in [1.29, 1.82) is 0 Å². The molecule has 1 saturated carbocycles. The highest BCUT2D eigenvalue weighted by molar-refractivity contribution is 4.84. The molecule has 1 saturated heterocycles. The molecule has 0 aromatic heterocycles. The Labute approximate surface area is 100.0 Å². The van der Waals surface area contributed by atoms with E-state index in [4.69, 9.17) is 5.73 Å². The van der Waals surface area contributed by atoms with Crippen molar-refractivity contribution in [2.75, 3.05) is 33.2 Å². The highest BCUT2D eigenvalue weighted by Gasteiger charge is 2.26. The van der Waals surface area contributed by atoms with Crippen LogP contribution in [0.2, 0.25) is 0 Å². The summed E-state index contributed by atoms with van der Waals surface area (Å²) in [4.78, 5) is 5.17. The van der Waals surface area contributed by atoms with Crippen molar-refractivity contribution in [3.8, 4) is 0 Å². The average Bonchev–Trinajstić information content (AvgIpc) is 2.52. The molecule has 94 valence electrons. The van der Waals surface area contributed by atoms with E-state index in [1.807, 2.05) is 0 Å². The lowest BCUT2D eigenvalue weighted by molar-refractivity contribution is 0.138.